The molecule has 104 valence electrons. The van der Waals surface area contributed by atoms with Gasteiger partial charge in [0.05, 0.1) is 13.0 Å². The lowest BCUT2D eigenvalue weighted by Gasteiger charge is -2.36. The smallest absolute Gasteiger partial charge is 0.307 e. The van der Waals surface area contributed by atoms with E-state index in [1.807, 2.05) is 6.92 Å². The summed E-state index contributed by atoms with van der Waals surface area (Å²) in [6.45, 7) is 8.68. The summed E-state index contributed by atoms with van der Waals surface area (Å²) in [5.74, 6) is 0.545. The van der Waals surface area contributed by atoms with E-state index in [1.54, 1.807) is 0 Å². The molecule has 0 heterocycles. The van der Waals surface area contributed by atoms with E-state index in [0.717, 1.165) is 25.9 Å². The second kappa shape index (κ2) is 8.30. The largest absolute Gasteiger partial charge is 0.466 e. The van der Waals surface area contributed by atoms with Crippen molar-refractivity contribution in [1.82, 2.24) is 4.90 Å². The lowest BCUT2D eigenvalue weighted by molar-refractivity contribution is -0.145. The monoisotopic (exact) mass is 253 g/mol. The molecule has 0 aliphatic heterocycles. The van der Waals surface area contributed by atoms with Crippen molar-refractivity contribution < 1.29 is 9.53 Å². The van der Waals surface area contributed by atoms with Crippen LogP contribution in [0.25, 0.3) is 0 Å². The molecule has 2 unspecified atom stereocenters. The van der Waals surface area contributed by atoms with E-state index >= 15 is 0 Å². The number of carbonyl (C=O) groups is 1. The second-order valence-electron chi connectivity index (χ2n) is 4.84. The highest BCUT2D eigenvalue weighted by molar-refractivity contribution is 5.70. The molecule has 0 saturated heterocycles. The summed E-state index contributed by atoms with van der Waals surface area (Å²) in [4.78, 5) is 14.2. The zero-order valence-corrected chi connectivity index (χ0v) is 12.0. The molecule has 0 aromatic carbocycles. The van der Waals surface area contributed by atoms with Gasteiger partial charge in [0.25, 0.3) is 0 Å². The average Bonchev–Trinajstić information content (AvgIpc) is 2.40. The molecular formula is C15H27NO2. The number of ether oxygens (including phenoxy) is 1. The molecule has 1 rings (SSSR count). The first-order valence-corrected chi connectivity index (χ1v) is 7.27. The van der Waals surface area contributed by atoms with Crippen LogP contribution in [0.4, 0.5) is 0 Å². The number of hydrogen-bond acceptors (Lipinski definition) is 3. The topological polar surface area (TPSA) is 29.5 Å². The van der Waals surface area contributed by atoms with E-state index < -0.39 is 0 Å². The number of allylic oxidation sites excluding steroid dienone is 2. The van der Waals surface area contributed by atoms with Crippen molar-refractivity contribution in [3.63, 3.8) is 0 Å². The van der Waals surface area contributed by atoms with Crippen molar-refractivity contribution >= 4 is 5.97 Å². The maximum atomic E-state index is 11.8. The van der Waals surface area contributed by atoms with Crippen LogP contribution in [-0.4, -0.2) is 36.6 Å². The van der Waals surface area contributed by atoms with Gasteiger partial charge in [0.15, 0.2) is 0 Å². The van der Waals surface area contributed by atoms with Gasteiger partial charge in [-0.3, -0.25) is 4.79 Å². The van der Waals surface area contributed by atoms with Gasteiger partial charge in [-0.15, -0.1) is 0 Å². The Labute approximate surface area is 111 Å². The first-order valence-electron chi connectivity index (χ1n) is 7.27. The van der Waals surface area contributed by atoms with E-state index in [2.05, 4.69) is 30.9 Å². The maximum Gasteiger partial charge on any atom is 0.307 e. The summed E-state index contributed by atoms with van der Waals surface area (Å²) < 4.78 is 5.12. The van der Waals surface area contributed by atoms with Crippen LogP contribution in [0.3, 0.4) is 0 Å². The van der Waals surface area contributed by atoms with E-state index in [-0.39, 0.29) is 5.97 Å². The fourth-order valence-corrected chi connectivity index (χ4v) is 2.84. The van der Waals surface area contributed by atoms with Crippen LogP contribution >= 0.6 is 0 Å². The van der Waals surface area contributed by atoms with E-state index in [4.69, 9.17) is 4.74 Å². The number of nitrogens with zero attached hydrogens (tertiary/aromatic N) is 1. The van der Waals surface area contributed by atoms with E-state index in [9.17, 15) is 4.79 Å². The minimum atomic E-state index is -0.0519. The molecule has 2 atom stereocenters. The van der Waals surface area contributed by atoms with Crippen molar-refractivity contribution in [2.24, 2.45) is 5.92 Å². The fourth-order valence-electron chi connectivity index (χ4n) is 2.84. The highest BCUT2D eigenvalue weighted by Crippen LogP contribution is 2.27. The summed E-state index contributed by atoms with van der Waals surface area (Å²) in [6, 6.07) is 0.337. The summed E-state index contributed by atoms with van der Waals surface area (Å²) in [5.41, 5.74) is 0. The minimum Gasteiger partial charge on any atom is -0.466 e. The molecule has 0 radical (unpaired) electrons. The summed E-state index contributed by atoms with van der Waals surface area (Å²) >= 11 is 0. The third-order valence-electron chi connectivity index (χ3n) is 3.82. The van der Waals surface area contributed by atoms with Gasteiger partial charge >= 0.3 is 5.97 Å². The third kappa shape index (κ3) is 4.45. The molecule has 18 heavy (non-hydrogen) atoms. The molecule has 0 spiro atoms. The Morgan fingerprint density at radius 3 is 2.56 bits per heavy atom. The van der Waals surface area contributed by atoms with Gasteiger partial charge in [-0.25, -0.2) is 0 Å². The Bertz CT molecular complexity index is 272. The normalized spacial score (nSPS) is 21.0. The Hall–Kier alpha value is -0.830. The summed E-state index contributed by atoms with van der Waals surface area (Å²) in [6.07, 6.45) is 8.48. The first kappa shape index (κ1) is 15.2. The van der Waals surface area contributed by atoms with Crippen molar-refractivity contribution in [2.75, 3.05) is 19.7 Å². The minimum absolute atomic E-state index is 0.0519. The molecule has 0 bridgehead atoms. The maximum absolute atomic E-state index is 11.8. The van der Waals surface area contributed by atoms with Gasteiger partial charge in [-0.05, 0) is 45.2 Å². The molecule has 1 aliphatic rings. The zero-order valence-electron chi connectivity index (χ0n) is 12.0. The first-order chi connectivity index (χ1) is 8.72. The summed E-state index contributed by atoms with van der Waals surface area (Å²) in [5, 5.41) is 0. The Morgan fingerprint density at radius 2 is 2.06 bits per heavy atom. The number of hydrogen-bond donors (Lipinski definition) is 0. The molecular weight excluding hydrogens is 226 g/mol. The SMILES string of the molecule is CCOC(=O)CC(C1CC=CCC1)N(CC)CC. The third-order valence-corrected chi connectivity index (χ3v) is 3.82. The van der Waals surface area contributed by atoms with Gasteiger partial charge in [-0.1, -0.05) is 26.0 Å². The van der Waals surface area contributed by atoms with E-state index in [1.165, 1.54) is 6.42 Å². The Balaban J connectivity index is 2.67. The lowest BCUT2D eigenvalue weighted by atomic mass is 9.85. The molecule has 1 aliphatic carbocycles. The molecule has 0 aromatic heterocycles. The lowest BCUT2D eigenvalue weighted by Crippen LogP contribution is -2.42. The molecule has 3 heteroatoms. The molecule has 3 nitrogen and oxygen atoms in total. The van der Waals surface area contributed by atoms with Crippen molar-refractivity contribution in [3.8, 4) is 0 Å². The Kier molecular flexibility index (Phi) is 7.02. The van der Waals surface area contributed by atoms with Crippen LogP contribution in [0, 0.1) is 5.92 Å². The van der Waals surface area contributed by atoms with Crippen LogP contribution in [-0.2, 0) is 9.53 Å². The molecule has 0 aromatic rings. The van der Waals surface area contributed by atoms with Gasteiger partial charge in [0, 0.05) is 6.04 Å². The quantitative estimate of drug-likeness (QED) is 0.516. The van der Waals surface area contributed by atoms with Crippen LogP contribution in [0.15, 0.2) is 12.2 Å². The van der Waals surface area contributed by atoms with Crippen molar-refractivity contribution in [3.05, 3.63) is 12.2 Å². The number of esters is 1. The van der Waals surface area contributed by atoms with Crippen LogP contribution in [0.2, 0.25) is 0 Å². The van der Waals surface area contributed by atoms with Gasteiger partial charge in [0.2, 0.25) is 0 Å². The van der Waals surface area contributed by atoms with Gasteiger partial charge in [0.1, 0.15) is 0 Å². The molecule has 0 N–H and O–H groups in total. The number of carbonyl (C=O) groups excluding carboxylic acids is 1. The molecule has 0 fully saturated rings. The van der Waals surface area contributed by atoms with Gasteiger partial charge < -0.3 is 9.64 Å². The predicted octanol–water partition coefficient (Wildman–Crippen LogP) is 3.01. The fraction of sp³-hybridized carbons (Fsp3) is 0.800. The summed E-state index contributed by atoms with van der Waals surface area (Å²) in [7, 11) is 0. The average molecular weight is 253 g/mol. The number of rotatable bonds is 7. The van der Waals surface area contributed by atoms with E-state index in [0.29, 0.717) is 25.0 Å². The van der Waals surface area contributed by atoms with Crippen LogP contribution in [0.1, 0.15) is 46.5 Å². The Morgan fingerprint density at radius 1 is 1.33 bits per heavy atom. The molecule has 0 amide bonds. The predicted molar refractivity (Wildman–Crippen MR) is 74.4 cm³/mol. The zero-order chi connectivity index (χ0) is 13.4. The standard InChI is InChI=1S/C15H27NO2/c1-4-16(5-2)14(12-15(17)18-6-3)13-10-8-7-9-11-13/h7-8,13-14H,4-6,9-12H2,1-3H3. The molecule has 0 saturated carbocycles. The van der Waals surface area contributed by atoms with Crippen LogP contribution in [0.5, 0.6) is 0 Å². The van der Waals surface area contributed by atoms with Crippen molar-refractivity contribution in [1.29, 1.82) is 0 Å². The van der Waals surface area contributed by atoms with Crippen LogP contribution < -0.4 is 0 Å². The van der Waals surface area contributed by atoms with Crippen molar-refractivity contribution in [2.45, 2.75) is 52.5 Å². The highest BCUT2D eigenvalue weighted by Gasteiger charge is 2.28. The second-order valence-corrected chi connectivity index (χ2v) is 4.84. The van der Waals surface area contributed by atoms with Gasteiger partial charge in [-0.2, -0.15) is 0 Å². The highest BCUT2D eigenvalue weighted by atomic mass is 16.5.